The van der Waals surface area contributed by atoms with Gasteiger partial charge in [0, 0.05) is 6.42 Å². The largest absolute Gasteiger partial charge is 0.394 e. The van der Waals surface area contributed by atoms with Crippen LogP contribution in [-0.4, -0.2) is 46.1 Å². The number of aliphatic hydroxyl groups excluding tert-OH is 3. The van der Waals surface area contributed by atoms with Crippen LogP contribution in [0.4, 0.5) is 0 Å². The minimum Gasteiger partial charge on any atom is -0.394 e. The first kappa shape index (κ1) is 69.3. The van der Waals surface area contributed by atoms with Crippen molar-refractivity contribution >= 4 is 5.91 Å². The fourth-order valence-corrected chi connectivity index (χ4v) is 9.98. The van der Waals surface area contributed by atoms with Crippen LogP contribution >= 0.6 is 0 Å². The van der Waals surface area contributed by atoms with Crippen molar-refractivity contribution in [3.63, 3.8) is 0 Å². The van der Waals surface area contributed by atoms with Crippen LogP contribution in [0.5, 0.6) is 0 Å². The van der Waals surface area contributed by atoms with Crippen molar-refractivity contribution in [1.29, 1.82) is 0 Å². The Morgan fingerprint density at radius 1 is 0.352 bits per heavy atom. The first-order valence-electron chi connectivity index (χ1n) is 31.9. The molecular formula is C66H125NO4. The molecule has 5 nitrogen and oxygen atoms in total. The summed E-state index contributed by atoms with van der Waals surface area (Å²) in [5.41, 5.74) is 0. The number of amides is 1. The van der Waals surface area contributed by atoms with E-state index < -0.39 is 18.2 Å². The molecule has 0 bridgehead atoms. The molecule has 0 aromatic rings. The van der Waals surface area contributed by atoms with Crippen LogP contribution in [-0.2, 0) is 4.79 Å². The van der Waals surface area contributed by atoms with Crippen LogP contribution < -0.4 is 5.32 Å². The molecule has 3 atom stereocenters. The third-order valence-corrected chi connectivity index (χ3v) is 14.9. The van der Waals surface area contributed by atoms with Crippen molar-refractivity contribution in [3.05, 3.63) is 48.6 Å². The van der Waals surface area contributed by atoms with Crippen molar-refractivity contribution in [1.82, 2.24) is 5.32 Å². The van der Waals surface area contributed by atoms with E-state index in [4.69, 9.17) is 0 Å². The molecule has 4 N–H and O–H groups in total. The summed E-state index contributed by atoms with van der Waals surface area (Å²) in [6.07, 6.45) is 81.6. The number of carbonyl (C=O) groups is 1. The molecule has 5 heteroatoms. The minimum atomic E-state index is -1.17. The molecular weight excluding hydrogens is 871 g/mol. The summed E-state index contributed by atoms with van der Waals surface area (Å²) in [5, 5.41) is 33.8. The maximum atomic E-state index is 12.5. The predicted octanol–water partition coefficient (Wildman–Crippen LogP) is 20.3. The fraction of sp³-hybridized carbons (Fsp3) is 0.864. The molecule has 0 fully saturated rings. The molecule has 418 valence electrons. The van der Waals surface area contributed by atoms with Crippen molar-refractivity contribution in [2.45, 2.75) is 360 Å². The highest BCUT2D eigenvalue weighted by Gasteiger charge is 2.26. The highest BCUT2D eigenvalue weighted by atomic mass is 16.3. The van der Waals surface area contributed by atoms with Crippen molar-refractivity contribution in [2.24, 2.45) is 0 Å². The van der Waals surface area contributed by atoms with E-state index in [0.717, 1.165) is 51.4 Å². The Kier molecular flexibility index (Phi) is 59.4. The van der Waals surface area contributed by atoms with E-state index in [1.807, 2.05) is 0 Å². The Bertz CT molecular complexity index is 1150. The minimum absolute atomic E-state index is 0.154. The molecule has 0 heterocycles. The van der Waals surface area contributed by atoms with Crippen LogP contribution in [0.15, 0.2) is 48.6 Å². The van der Waals surface area contributed by atoms with Crippen molar-refractivity contribution < 1.29 is 20.1 Å². The highest BCUT2D eigenvalue weighted by Crippen LogP contribution is 2.18. The van der Waals surface area contributed by atoms with E-state index in [2.05, 4.69) is 67.8 Å². The number of unbranched alkanes of at least 4 members (excludes halogenated alkanes) is 43. The van der Waals surface area contributed by atoms with Crippen LogP contribution in [0.3, 0.4) is 0 Å². The second-order valence-corrected chi connectivity index (χ2v) is 21.9. The summed E-state index contributed by atoms with van der Waals surface area (Å²) in [6.45, 7) is 4.20. The average Bonchev–Trinajstić information content (AvgIpc) is 3.37. The van der Waals surface area contributed by atoms with Gasteiger partial charge in [-0.1, -0.05) is 300 Å². The maximum Gasteiger partial charge on any atom is 0.220 e. The molecule has 71 heavy (non-hydrogen) atoms. The smallest absolute Gasteiger partial charge is 0.220 e. The average molecular weight is 997 g/mol. The van der Waals surface area contributed by atoms with Gasteiger partial charge in [-0.15, -0.1) is 0 Å². The Hall–Kier alpha value is -1.69. The molecule has 1 amide bonds. The lowest BCUT2D eigenvalue weighted by Gasteiger charge is -2.26. The Balaban J connectivity index is 3.52. The van der Waals surface area contributed by atoms with E-state index in [1.165, 1.54) is 263 Å². The molecule has 3 unspecified atom stereocenters. The Morgan fingerprint density at radius 3 is 0.944 bits per heavy atom. The quantitative estimate of drug-likeness (QED) is 0.0361. The van der Waals surface area contributed by atoms with Crippen LogP contribution in [0.2, 0.25) is 0 Å². The number of aliphatic hydroxyl groups is 3. The molecule has 0 aliphatic carbocycles. The van der Waals surface area contributed by atoms with Gasteiger partial charge in [-0.25, -0.2) is 0 Å². The SMILES string of the molecule is CCCCCCCCCCCCC/C=C/CC/C=C/CCCC(O)C(O)C(CO)NC(=O)CCCCCCCCCCCCCCCCCCC/C=C\C/C=C\CCCCCCCCCCCCCCC. The lowest BCUT2D eigenvalue weighted by Crippen LogP contribution is -2.50. The molecule has 0 aromatic heterocycles. The van der Waals surface area contributed by atoms with Crippen LogP contribution in [0.1, 0.15) is 341 Å². The summed E-state index contributed by atoms with van der Waals surface area (Å²) in [6, 6.07) is -0.834. The molecule has 0 rings (SSSR count). The van der Waals surface area contributed by atoms with Crippen LogP contribution in [0, 0.1) is 0 Å². The normalized spacial score (nSPS) is 13.5. The number of nitrogens with one attached hydrogen (secondary N) is 1. The molecule has 0 saturated heterocycles. The second kappa shape index (κ2) is 60.9. The number of hydrogen-bond donors (Lipinski definition) is 4. The summed E-state index contributed by atoms with van der Waals surface area (Å²) >= 11 is 0. The van der Waals surface area contributed by atoms with E-state index in [9.17, 15) is 20.1 Å². The van der Waals surface area contributed by atoms with E-state index >= 15 is 0 Å². The van der Waals surface area contributed by atoms with Crippen molar-refractivity contribution in [2.75, 3.05) is 6.61 Å². The zero-order chi connectivity index (χ0) is 51.4. The molecule has 0 aliphatic heterocycles. The number of hydrogen-bond acceptors (Lipinski definition) is 4. The topological polar surface area (TPSA) is 89.8 Å². The van der Waals surface area contributed by atoms with Gasteiger partial charge in [0.2, 0.25) is 5.91 Å². The van der Waals surface area contributed by atoms with Gasteiger partial charge < -0.3 is 20.6 Å². The van der Waals surface area contributed by atoms with Gasteiger partial charge in [-0.3, -0.25) is 4.79 Å². The summed E-state index contributed by atoms with van der Waals surface area (Å²) in [7, 11) is 0. The Labute approximate surface area is 444 Å². The monoisotopic (exact) mass is 996 g/mol. The second-order valence-electron chi connectivity index (χ2n) is 21.9. The van der Waals surface area contributed by atoms with Gasteiger partial charge in [-0.05, 0) is 83.5 Å². The van der Waals surface area contributed by atoms with Gasteiger partial charge in [-0.2, -0.15) is 0 Å². The summed E-state index contributed by atoms with van der Waals surface area (Å²) in [5.74, 6) is -0.154. The molecule has 0 spiro atoms. The molecule has 0 aromatic carbocycles. The number of rotatable bonds is 59. The Morgan fingerprint density at radius 2 is 0.620 bits per heavy atom. The van der Waals surface area contributed by atoms with Gasteiger partial charge in [0.25, 0.3) is 0 Å². The third kappa shape index (κ3) is 55.9. The zero-order valence-corrected chi connectivity index (χ0v) is 47.9. The first-order valence-corrected chi connectivity index (χ1v) is 31.9. The van der Waals surface area contributed by atoms with Crippen molar-refractivity contribution in [3.8, 4) is 0 Å². The number of carbonyl (C=O) groups excluding carboxylic acids is 1. The van der Waals surface area contributed by atoms with E-state index in [0.29, 0.717) is 12.8 Å². The number of allylic oxidation sites excluding steroid dienone is 8. The predicted molar refractivity (Wildman–Crippen MR) is 314 cm³/mol. The first-order chi connectivity index (χ1) is 35.1. The highest BCUT2D eigenvalue weighted by molar-refractivity contribution is 5.76. The van der Waals surface area contributed by atoms with E-state index in [-0.39, 0.29) is 12.5 Å². The maximum absolute atomic E-state index is 12.5. The third-order valence-electron chi connectivity index (χ3n) is 14.9. The summed E-state index contributed by atoms with van der Waals surface area (Å²) in [4.78, 5) is 12.5. The molecule has 0 aliphatic rings. The lowest BCUT2D eigenvalue weighted by atomic mass is 10.0. The fourth-order valence-electron chi connectivity index (χ4n) is 9.98. The van der Waals surface area contributed by atoms with Crippen LogP contribution in [0.25, 0.3) is 0 Å². The summed E-state index contributed by atoms with van der Waals surface area (Å²) < 4.78 is 0. The standard InChI is InChI=1S/C66H125NO4/c1-3-5-7-9-11-13-15-17-19-21-23-25-26-27-28-29-30-31-32-33-34-35-36-37-38-39-40-41-43-45-47-49-51-53-55-57-59-61-65(70)67-63(62-68)66(71)64(69)60-58-56-54-52-50-48-46-44-42-24-22-20-18-16-14-12-10-8-6-4-2/h28-29,31-32,44,46,52,54,63-64,66,68-69,71H,3-27,30,33-43,45,47-51,53,55-62H2,1-2H3,(H,67,70)/b29-28-,32-31-,46-44+,54-52+. The zero-order valence-electron chi connectivity index (χ0n) is 47.9. The van der Waals surface area contributed by atoms with Gasteiger partial charge in [0.1, 0.15) is 6.10 Å². The molecule has 0 saturated carbocycles. The molecule has 0 radical (unpaired) electrons. The van der Waals surface area contributed by atoms with Gasteiger partial charge >= 0.3 is 0 Å². The lowest BCUT2D eigenvalue weighted by molar-refractivity contribution is -0.124. The van der Waals surface area contributed by atoms with Gasteiger partial charge in [0.15, 0.2) is 0 Å². The van der Waals surface area contributed by atoms with Gasteiger partial charge in [0.05, 0.1) is 18.8 Å². The van der Waals surface area contributed by atoms with E-state index in [1.54, 1.807) is 0 Å².